The molecule has 0 spiro atoms. The van der Waals surface area contributed by atoms with Crippen molar-refractivity contribution in [1.82, 2.24) is 4.98 Å². The van der Waals surface area contributed by atoms with Crippen molar-refractivity contribution in [2.24, 2.45) is 5.73 Å². The van der Waals surface area contributed by atoms with Crippen LogP contribution in [0.25, 0.3) is 0 Å². The van der Waals surface area contributed by atoms with E-state index in [-0.39, 0.29) is 5.91 Å². The maximum Gasteiger partial charge on any atom is 0.255 e. The fourth-order valence-corrected chi connectivity index (χ4v) is 1.26. The van der Waals surface area contributed by atoms with E-state index in [1.54, 1.807) is 6.20 Å². The van der Waals surface area contributed by atoms with Gasteiger partial charge in [-0.3, -0.25) is 4.79 Å². The monoisotopic (exact) mass is 172 g/mol. The summed E-state index contributed by atoms with van der Waals surface area (Å²) in [6.45, 7) is 0. The van der Waals surface area contributed by atoms with Crippen molar-refractivity contribution < 1.29 is 9.21 Å². The Morgan fingerprint density at radius 2 is 2.64 bits per heavy atom. The summed E-state index contributed by atoms with van der Waals surface area (Å²) >= 11 is 1.38. The van der Waals surface area contributed by atoms with Crippen LogP contribution in [0.5, 0.6) is 0 Å². The molecule has 4 nitrogen and oxygen atoms in total. The van der Waals surface area contributed by atoms with Gasteiger partial charge in [0.05, 0.1) is 6.20 Å². The van der Waals surface area contributed by atoms with Crippen LogP contribution >= 0.6 is 11.8 Å². The van der Waals surface area contributed by atoms with Crippen LogP contribution < -0.4 is 5.73 Å². The predicted molar refractivity (Wildman–Crippen MR) is 41.0 cm³/mol. The molecule has 0 aliphatic heterocycles. The molecule has 0 aliphatic rings. The molecule has 0 aromatic carbocycles. The molecule has 0 aliphatic carbocycles. The van der Waals surface area contributed by atoms with Crippen molar-refractivity contribution in [3.8, 4) is 0 Å². The van der Waals surface area contributed by atoms with Gasteiger partial charge in [0.1, 0.15) is 6.26 Å². The number of carbonyl (C=O) groups excluding carboxylic acids is 1. The van der Waals surface area contributed by atoms with Crippen molar-refractivity contribution >= 4 is 17.7 Å². The van der Waals surface area contributed by atoms with Gasteiger partial charge in [0.2, 0.25) is 5.91 Å². The molecule has 0 radical (unpaired) electrons. The zero-order chi connectivity index (χ0) is 8.10. The molecular weight excluding hydrogens is 164 g/mol. The third-order valence-corrected chi connectivity index (χ3v) is 1.84. The van der Waals surface area contributed by atoms with Gasteiger partial charge in [0.15, 0.2) is 0 Å². The summed E-state index contributed by atoms with van der Waals surface area (Å²) in [6.07, 6.45) is 3.41. The largest absolute Gasteiger partial charge is 0.440 e. The Hall–Kier alpha value is -0.970. The second-order valence-electron chi connectivity index (χ2n) is 1.86. The molecule has 60 valence electrons. The molecule has 1 heterocycles. The molecule has 1 aromatic rings. The van der Waals surface area contributed by atoms with E-state index in [9.17, 15) is 4.79 Å². The first-order valence-electron chi connectivity index (χ1n) is 3.09. The first-order chi connectivity index (χ1) is 5.29. The number of hydrogen-bond donors (Lipinski definition) is 1. The molecule has 1 rings (SSSR count). The van der Waals surface area contributed by atoms with E-state index in [1.165, 1.54) is 18.0 Å². The van der Waals surface area contributed by atoms with E-state index < -0.39 is 0 Å². The normalized spacial score (nSPS) is 9.82. The standard InChI is InChI=1S/C6H8N2O2S/c7-5(9)1-4-11-6-8-2-3-10-6/h2-3H,1,4H2,(H2,7,9). The maximum absolute atomic E-state index is 10.3. The minimum atomic E-state index is -0.302. The molecule has 0 unspecified atom stereocenters. The zero-order valence-corrected chi connectivity index (χ0v) is 6.63. The van der Waals surface area contributed by atoms with Crippen molar-refractivity contribution in [3.63, 3.8) is 0 Å². The van der Waals surface area contributed by atoms with Gasteiger partial charge in [-0.2, -0.15) is 0 Å². The van der Waals surface area contributed by atoms with Gasteiger partial charge in [0, 0.05) is 12.2 Å². The molecule has 0 fully saturated rings. The molecule has 5 heteroatoms. The van der Waals surface area contributed by atoms with Crippen LogP contribution in [-0.4, -0.2) is 16.6 Å². The van der Waals surface area contributed by atoms with Crippen LogP contribution in [0, 0.1) is 0 Å². The summed E-state index contributed by atoms with van der Waals surface area (Å²) in [7, 11) is 0. The highest BCUT2D eigenvalue weighted by atomic mass is 32.2. The zero-order valence-electron chi connectivity index (χ0n) is 5.82. The number of nitrogens with zero attached hydrogens (tertiary/aromatic N) is 1. The SMILES string of the molecule is NC(=O)CCSc1ncco1. The lowest BCUT2D eigenvalue weighted by Crippen LogP contribution is -2.10. The van der Waals surface area contributed by atoms with Gasteiger partial charge < -0.3 is 10.2 Å². The maximum atomic E-state index is 10.3. The van der Waals surface area contributed by atoms with E-state index in [0.717, 1.165) is 0 Å². The fraction of sp³-hybridized carbons (Fsp3) is 0.333. The summed E-state index contributed by atoms with van der Waals surface area (Å²) in [5.74, 6) is 0.319. The number of primary amides is 1. The first-order valence-corrected chi connectivity index (χ1v) is 4.08. The topological polar surface area (TPSA) is 69.1 Å². The summed E-state index contributed by atoms with van der Waals surface area (Å²) in [4.78, 5) is 14.1. The Bertz CT molecular complexity index is 222. The average molecular weight is 172 g/mol. The van der Waals surface area contributed by atoms with Crippen LogP contribution in [0.2, 0.25) is 0 Å². The minimum absolute atomic E-state index is 0.302. The molecule has 0 saturated carbocycles. The molecule has 1 amide bonds. The number of aromatic nitrogens is 1. The number of nitrogens with two attached hydrogens (primary N) is 1. The van der Waals surface area contributed by atoms with Crippen LogP contribution in [-0.2, 0) is 4.79 Å². The Morgan fingerprint density at radius 1 is 1.82 bits per heavy atom. The summed E-state index contributed by atoms with van der Waals surface area (Å²) < 4.78 is 4.92. The summed E-state index contributed by atoms with van der Waals surface area (Å²) in [6, 6.07) is 0. The van der Waals surface area contributed by atoms with Crippen molar-refractivity contribution in [2.75, 3.05) is 5.75 Å². The molecule has 0 bridgehead atoms. The van der Waals surface area contributed by atoms with Crippen molar-refractivity contribution in [2.45, 2.75) is 11.6 Å². The number of rotatable bonds is 4. The second-order valence-corrected chi connectivity index (χ2v) is 2.91. The summed E-state index contributed by atoms with van der Waals surface area (Å²) in [5, 5.41) is 0.575. The average Bonchev–Trinajstić information content (AvgIpc) is 2.39. The lowest BCUT2D eigenvalue weighted by molar-refractivity contribution is -0.117. The van der Waals surface area contributed by atoms with E-state index in [1.807, 2.05) is 0 Å². The molecule has 11 heavy (non-hydrogen) atoms. The van der Waals surface area contributed by atoms with Crippen LogP contribution in [0.4, 0.5) is 0 Å². The van der Waals surface area contributed by atoms with Crippen molar-refractivity contribution in [1.29, 1.82) is 0 Å². The first kappa shape index (κ1) is 8.13. The lowest BCUT2D eigenvalue weighted by Gasteiger charge is -1.91. The van der Waals surface area contributed by atoms with Gasteiger partial charge in [-0.1, -0.05) is 11.8 Å². The Labute approximate surface area is 68.2 Å². The van der Waals surface area contributed by atoms with Crippen LogP contribution in [0.15, 0.2) is 22.1 Å². The van der Waals surface area contributed by atoms with Gasteiger partial charge >= 0.3 is 0 Å². The van der Waals surface area contributed by atoms with E-state index in [4.69, 9.17) is 10.2 Å². The number of thioether (sulfide) groups is 1. The van der Waals surface area contributed by atoms with Gasteiger partial charge in [-0.25, -0.2) is 4.98 Å². The van der Waals surface area contributed by atoms with Gasteiger partial charge in [-0.05, 0) is 0 Å². The Morgan fingerprint density at radius 3 is 3.18 bits per heavy atom. The number of oxazole rings is 1. The fourth-order valence-electron chi connectivity index (χ4n) is 0.521. The highest BCUT2D eigenvalue weighted by Gasteiger charge is 1.99. The highest BCUT2D eigenvalue weighted by Crippen LogP contribution is 2.14. The molecular formula is C6H8N2O2S. The van der Waals surface area contributed by atoms with E-state index in [2.05, 4.69) is 4.98 Å². The van der Waals surface area contributed by atoms with Crippen molar-refractivity contribution in [3.05, 3.63) is 12.5 Å². The lowest BCUT2D eigenvalue weighted by atomic mass is 10.5. The molecule has 0 atom stereocenters. The van der Waals surface area contributed by atoms with E-state index in [0.29, 0.717) is 17.4 Å². The quantitative estimate of drug-likeness (QED) is 0.677. The van der Waals surface area contributed by atoms with Gasteiger partial charge in [0.25, 0.3) is 5.22 Å². The molecule has 2 N–H and O–H groups in total. The van der Waals surface area contributed by atoms with Gasteiger partial charge in [-0.15, -0.1) is 0 Å². The predicted octanol–water partition coefficient (Wildman–Crippen LogP) is 0.642. The summed E-state index contributed by atoms with van der Waals surface area (Å²) in [5.41, 5.74) is 4.93. The molecule has 1 aromatic heterocycles. The third kappa shape index (κ3) is 3.08. The van der Waals surface area contributed by atoms with Crippen LogP contribution in [0.1, 0.15) is 6.42 Å². The number of hydrogen-bond acceptors (Lipinski definition) is 4. The van der Waals surface area contributed by atoms with Crippen LogP contribution in [0.3, 0.4) is 0 Å². The minimum Gasteiger partial charge on any atom is -0.440 e. The Kier molecular flexibility index (Phi) is 2.97. The Balaban J connectivity index is 2.19. The highest BCUT2D eigenvalue weighted by molar-refractivity contribution is 7.99. The smallest absolute Gasteiger partial charge is 0.255 e. The molecule has 0 saturated heterocycles. The second kappa shape index (κ2) is 4.02. The number of carbonyl (C=O) groups is 1. The van der Waals surface area contributed by atoms with E-state index >= 15 is 0 Å². The number of amides is 1. The third-order valence-electron chi connectivity index (χ3n) is 0.984.